The van der Waals surface area contributed by atoms with Crippen LogP contribution in [0.4, 0.5) is 16.2 Å². The summed E-state index contributed by atoms with van der Waals surface area (Å²) in [6.07, 6.45) is -0.600. The number of nitrogens with one attached hydrogen (secondary N) is 2. The molecule has 0 radical (unpaired) electrons. The van der Waals surface area contributed by atoms with Gasteiger partial charge < -0.3 is 14.8 Å². The van der Waals surface area contributed by atoms with E-state index in [1.165, 1.54) is 0 Å². The monoisotopic (exact) mass is 314 g/mol. The number of carbonyl (C=O) groups excluding carboxylic acids is 2. The molecule has 0 saturated carbocycles. The van der Waals surface area contributed by atoms with Crippen molar-refractivity contribution in [1.82, 2.24) is 0 Å². The normalized spacial score (nSPS) is 9.83. The maximum Gasteiger partial charge on any atom is 0.411 e. The summed E-state index contributed by atoms with van der Waals surface area (Å²) >= 11 is 0. The van der Waals surface area contributed by atoms with Gasteiger partial charge >= 0.3 is 6.09 Å². The van der Waals surface area contributed by atoms with Crippen LogP contribution in [-0.2, 0) is 4.74 Å². The van der Waals surface area contributed by atoms with Crippen LogP contribution in [0.5, 0.6) is 5.75 Å². The molecule has 0 atom stereocenters. The molecule has 0 aromatic heterocycles. The summed E-state index contributed by atoms with van der Waals surface area (Å²) in [6.45, 7) is 1.97. The first kappa shape index (κ1) is 16.4. The summed E-state index contributed by atoms with van der Waals surface area (Å²) in [6, 6.07) is 13.7. The average molecular weight is 314 g/mol. The fourth-order valence-electron chi connectivity index (χ4n) is 1.94. The van der Waals surface area contributed by atoms with Gasteiger partial charge in [-0.25, -0.2) is 4.79 Å². The number of carbonyl (C=O) groups is 2. The van der Waals surface area contributed by atoms with Gasteiger partial charge in [0.05, 0.1) is 25.0 Å². The van der Waals surface area contributed by atoms with E-state index in [1.54, 1.807) is 62.6 Å². The Kier molecular flexibility index (Phi) is 5.57. The first-order valence-electron chi connectivity index (χ1n) is 7.12. The molecule has 0 spiro atoms. The smallest absolute Gasteiger partial charge is 0.411 e. The van der Waals surface area contributed by atoms with Crippen LogP contribution < -0.4 is 15.4 Å². The number of ether oxygens (including phenoxy) is 2. The summed E-state index contributed by atoms with van der Waals surface area (Å²) in [7, 11) is 1.57. The maximum atomic E-state index is 12.4. The first-order valence-corrected chi connectivity index (χ1v) is 7.12. The molecule has 120 valence electrons. The van der Waals surface area contributed by atoms with Crippen LogP contribution in [0.3, 0.4) is 0 Å². The Hall–Kier alpha value is -3.02. The van der Waals surface area contributed by atoms with E-state index >= 15 is 0 Å². The van der Waals surface area contributed by atoms with E-state index in [1.807, 2.05) is 0 Å². The van der Waals surface area contributed by atoms with Crippen molar-refractivity contribution in [3.63, 3.8) is 0 Å². The molecule has 23 heavy (non-hydrogen) atoms. The van der Waals surface area contributed by atoms with Gasteiger partial charge in [-0.3, -0.25) is 10.1 Å². The minimum Gasteiger partial charge on any atom is -0.497 e. The van der Waals surface area contributed by atoms with Crippen LogP contribution in [0.15, 0.2) is 48.5 Å². The number of para-hydroxylation sites is 1. The zero-order chi connectivity index (χ0) is 16.7. The standard InChI is InChI=1S/C17H18N2O4/c1-3-23-17(21)19-15-7-5-4-6-14(15)16(20)18-12-8-10-13(22-2)11-9-12/h4-11H,3H2,1-2H3,(H,18,20)(H,19,21). The Balaban J connectivity index is 2.13. The molecule has 2 aromatic rings. The van der Waals surface area contributed by atoms with E-state index in [4.69, 9.17) is 9.47 Å². The quantitative estimate of drug-likeness (QED) is 0.885. The van der Waals surface area contributed by atoms with E-state index < -0.39 is 6.09 Å². The Morgan fingerprint density at radius 1 is 1.00 bits per heavy atom. The van der Waals surface area contributed by atoms with Crippen molar-refractivity contribution in [3.8, 4) is 5.75 Å². The number of hydrogen-bond donors (Lipinski definition) is 2. The highest BCUT2D eigenvalue weighted by Crippen LogP contribution is 2.19. The third-order valence-corrected chi connectivity index (χ3v) is 3.03. The molecule has 0 aliphatic carbocycles. The Bertz CT molecular complexity index is 683. The van der Waals surface area contributed by atoms with Crippen molar-refractivity contribution in [2.24, 2.45) is 0 Å². The molecular formula is C17H18N2O4. The van der Waals surface area contributed by atoms with Crippen LogP contribution in [-0.4, -0.2) is 25.7 Å². The highest BCUT2D eigenvalue weighted by Gasteiger charge is 2.13. The van der Waals surface area contributed by atoms with Gasteiger partial charge in [0.15, 0.2) is 0 Å². The zero-order valence-corrected chi connectivity index (χ0v) is 13.0. The van der Waals surface area contributed by atoms with E-state index in [-0.39, 0.29) is 12.5 Å². The molecule has 6 heteroatoms. The SMILES string of the molecule is CCOC(=O)Nc1ccccc1C(=O)Nc1ccc(OC)cc1. The van der Waals surface area contributed by atoms with Crippen LogP contribution in [0, 0.1) is 0 Å². The Labute approximate surface area is 134 Å². The van der Waals surface area contributed by atoms with E-state index in [2.05, 4.69) is 10.6 Å². The third kappa shape index (κ3) is 4.47. The van der Waals surface area contributed by atoms with Gasteiger partial charge in [-0.15, -0.1) is 0 Å². The van der Waals surface area contributed by atoms with Gasteiger partial charge in [0.25, 0.3) is 5.91 Å². The molecule has 2 rings (SSSR count). The maximum absolute atomic E-state index is 12.4. The summed E-state index contributed by atoms with van der Waals surface area (Å²) in [4.78, 5) is 23.9. The number of rotatable bonds is 5. The third-order valence-electron chi connectivity index (χ3n) is 3.03. The van der Waals surface area contributed by atoms with Gasteiger partial charge in [-0.05, 0) is 43.3 Å². The fourth-order valence-corrected chi connectivity index (χ4v) is 1.94. The molecule has 0 fully saturated rings. The minimum absolute atomic E-state index is 0.256. The first-order chi connectivity index (χ1) is 11.1. The molecule has 2 amide bonds. The summed E-state index contributed by atoms with van der Waals surface area (Å²) < 4.78 is 9.90. The number of anilines is 2. The lowest BCUT2D eigenvalue weighted by Gasteiger charge is -2.11. The second kappa shape index (κ2) is 7.84. The van der Waals surface area contributed by atoms with Gasteiger partial charge in [-0.2, -0.15) is 0 Å². The summed E-state index contributed by atoms with van der Waals surface area (Å²) in [5, 5.41) is 5.32. The zero-order valence-electron chi connectivity index (χ0n) is 13.0. The van der Waals surface area contributed by atoms with Crippen LogP contribution in [0.25, 0.3) is 0 Å². The lowest BCUT2D eigenvalue weighted by atomic mass is 10.1. The molecule has 0 aliphatic rings. The predicted molar refractivity (Wildman–Crippen MR) is 88.0 cm³/mol. The number of amides is 2. The molecule has 6 nitrogen and oxygen atoms in total. The van der Waals surface area contributed by atoms with Crippen molar-refractivity contribution in [2.75, 3.05) is 24.4 Å². The summed E-state index contributed by atoms with van der Waals surface area (Å²) in [5.74, 6) is 0.370. The molecular weight excluding hydrogens is 296 g/mol. The number of hydrogen-bond acceptors (Lipinski definition) is 4. The highest BCUT2D eigenvalue weighted by atomic mass is 16.5. The number of benzene rings is 2. The molecule has 0 bridgehead atoms. The lowest BCUT2D eigenvalue weighted by molar-refractivity contribution is 0.102. The van der Waals surface area contributed by atoms with Crippen LogP contribution in [0.1, 0.15) is 17.3 Å². The van der Waals surface area contributed by atoms with Crippen molar-refractivity contribution >= 4 is 23.4 Å². The van der Waals surface area contributed by atoms with Crippen molar-refractivity contribution in [1.29, 1.82) is 0 Å². The Morgan fingerprint density at radius 3 is 2.35 bits per heavy atom. The fraction of sp³-hybridized carbons (Fsp3) is 0.176. The number of methoxy groups -OCH3 is 1. The molecule has 2 aromatic carbocycles. The largest absolute Gasteiger partial charge is 0.497 e. The van der Waals surface area contributed by atoms with Gasteiger partial charge in [0, 0.05) is 5.69 Å². The van der Waals surface area contributed by atoms with Gasteiger partial charge in [0.2, 0.25) is 0 Å². The lowest BCUT2D eigenvalue weighted by Crippen LogP contribution is -2.18. The van der Waals surface area contributed by atoms with E-state index in [0.717, 1.165) is 0 Å². The van der Waals surface area contributed by atoms with Crippen molar-refractivity contribution in [2.45, 2.75) is 6.92 Å². The van der Waals surface area contributed by atoms with E-state index in [0.29, 0.717) is 22.7 Å². The van der Waals surface area contributed by atoms with Crippen LogP contribution in [0.2, 0.25) is 0 Å². The average Bonchev–Trinajstić information content (AvgIpc) is 2.56. The topological polar surface area (TPSA) is 76.7 Å². The minimum atomic E-state index is -0.600. The second-order valence-corrected chi connectivity index (χ2v) is 4.57. The van der Waals surface area contributed by atoms with Crippen molar-refractivity contribution < 1.29 is 19.1 Å². The van der Waals surface area contributed by atoms with Gasteiger partial charge in [0.1, 0.15) is 5.75 Å². The molecule has 0 heterocycles. The van der Waals surface area contributed by atoms with Gasteiger partial charge in [-0.1, -0.05) is 12.1 Å². The van der Waals surface area contributed by atoms with E-state index in [9.17, 15) is 9.59 Å². The highest BCUT2D eigenvalue weighted by molar-refractivity contribution is 6.09. The molecule has 0 saturated heterocycles. The second-order valence-electron chi connectivity index (χ2n) is 4.57. The predicted octanol–water partition coefficient (Wildman–Crippen LogP) is 3.52. The molecule has 2 N–H and O–H groups in total. The molecule has 0 unspecified atom stereocenters. The Morgan fingerprint density at radius 2 is 1.70 bits per heavy atom. The van der Waals surface area contributed by atoms with Crippen LogP contribution >= 0.6 is 0 Å². The molecule has 0 aliphatic heterocycles. The van der Waals surface area contributed by atoms with Crippen molar-refractivity contribution in [3.05, 3.63) is 54.1 Å². The summed E-state index contributed by atoms with van der Waals surface area (Å²) in [5.41, 5.74) is 1.36.